The standard InChI is InChI=1S/C13H25N3O2/c1-13(2,3)14-9-11-8-12(18-15-11)10-17-7-6-16(4)5/h8,14H,6-7,9-10H2,1-5H3. The van der Waals surface area contributed by atoms with Gasteiger partial charge < -0.3 is 19.5 Å². The number of aromatic nitrogens is 1. The van der Waals surface area contributed by atoms with Crippen LogP contribution < -0.4 is 5.32 Å². The first kappa shape index (κ1) is 15.1. The Morgan fingerprint density at radius 2 is 2.11 bits per heavy atom. The van der Waals surface area contributed by atoms with Crippen molar-refractivity contribution in [3.8, 4) is 0 Å². The maximum Gasteiger partial charge on any atom is 0.162 e. The molecular formula is C13H25N3O2. The molecule has 0 saturated carbocycles. The fourth-order valence-corrected chi connectivity index (χ4v) is 1.28. The molecule has 0 aliphatic rings. The molecule has 0 saturated heterocycles. The van der Waals surface area contributed by atoms with Crippen LogP contribution >= 0.6 is 0 Å². The van der Waals surface area contributed by atoms with E-state index in [0.29, 0.717) is 19.8 Å². The number of likely N-dealkylation sites (N-methyl/N-ethyl adjacent to an activating group) is 1. The van der Waals surface area contributed by atoms with E-state index in [9.17, 15) is 0 Å². The maximum atomic E-state index is 5.49. The average Bonchev–Trinajstić information content (AvgIpc) is 2.68. The van der Waals surface area contributed by atoms with Gasteiger partial charge in [0.1, 0.15) is 6.61 Å². The van der Waals surface area contributed by atoms with Crippen molar-refractivity contribution in [3.63, 3.8) is 0 Å². The van der Waals surface area contributed by atoms with E-state index in [0.717, 1.165) is 18.0 Å². The van der Waals surface area contributed by atoms with Gasteiger partial charge in [0.25, 0.3) is 0 Å². The third-order valence-corrected chi connectivity index (χ3v) is 2.33. The molecule has 0 aliphatic carbocycles. The highest BCUT2D eigenvalue weighted by molar-refractivity contribution is 5.04. The second kappa shape index (κ2) is 6.87. The van der Waals surface area contributed by atoms with Gasteiger partial charge in [-0.05, 0) is 34.9 Å². The van der Waals surface area contributed by atoms with Gasteiger partial charge in [-0.25, -0.2) is 0 Å². The summed E-state index contributed by atoms with van der Waals surface area (Å²) in [6, 6.07) is 1.94. The van der Waals surface area contributed by atoms with Crippen molar-refractivity contribution >= 4 is 0 Å². The summed E-state index contributed by atoms with van der Waals surface area (Å²) in [5.41, 5.74) is 0.998. The Bertz CT molecular complexity index is 342. The van der Waals surface area contributed by atoms with E-state index in [1.165, 1.54) is 0 Å². The van der Waals surface area contributed by atoms with Crippen molar-refractivity contribution in [1.29, 1.82) is 0 Å². The molecule has 0 radical (unpaired) electrons. The molecule has 5 nitrogen and oxygen atoms in total. The summed E-state index contributed by atoms with van der Waals surface area (Å²) in [7, 11) is 4.04. The second-order valence-corrected chi connectivity index (χ2v) is 5.74. The van der Waals surface area contributed by atoms with E-state index >= 15 is 0 Å². The molecule has 0 unspecified atom stereocenters. The molecule has 0 aliphatic heterocycles. The van der Waals surface area contributed by atoms with Crippen molar-refractivity contribution in [1.82, 2.24) is 15.4 Å². The molecule has 18 heavy (non-hydrogen) atoms. The molecule has 0 atom stereocenters. The largest absolute Gasteiger partial charge is 0.372 e. The first-order valence-electron chi connectivity index (χ1n) is 6.29. The lowest BCUT2D eigenvalue weighted by molar-refractivity contribution is 0.0884. The van der Waals surface area contributed by atoms with Crippen molar-refractivity contribution in [2.75, 3.05) is 27.2 Å². The SMILES string of the molecule is CN(C)CCOCc1cc(CNC(C)(C)C)no1. The van der Waals surface area contributed by atoms with E-state index in [2.05, 4.69) is 36.1 Å². The molecular weight excluding hydrogens is 230 g/mol. The average molecular weight is 255 g/mol. The third-order valence-electron chi connectivity index (χ3n) is 2.33. The van der Waals surface area contributed by atoms with Gasteiger partial charge in [0, 0.05) is 24.7 Å². The van der Waals surface area contributed by atoms with Crippen molar-refractivity contribution in [3.05, 3.63) is 17.5 Å². The van der Waals surface area contributed by atoms with Crippen LogP contribution in [0.15, 0.2) is 10.6 Å². The number of hydrogen-bond acceptors (Lipinski definition) is 5. The summed E-state index contributed by atoms with van der Waals surface area (Å²) in [6.45, 7) is 9.17. The van der Waals surface area contributed by atoms with E-state index in [1.54, 1.807) is 0 Å². The normalized spacial score (nSPS) is 12.3. The van der Waals surface area contributed by atoms with Gasteiger partial charge in [0.05, 0.1) is 12.3 Å². The number of nitrogens with one attached hydrogen (secondary N) is 1. The van der Waals surface area contributed by atoms with Gasteiger partial charge in [0.2, 0.25) is 0 Å². The van der Waals surface area contributed by atoms with Gasteiger partial charge in [-0.15, -0.1) is 0 Å². The third kappa shape index (κ3) is 6.74. The summed E-state index contributed by atoms with van der Waals surface area (Å²) in [5, 5.41) is 7.37. The Hall–Kier alpha value is -0.910. The van der Waals surface area contributed by atoms with Crippen molar-refractivity contribution < 1.29 is 9.26 Å². The van der Waals surface area contributed by atoms with Gasteiger partial charge in [-0.2, -0.15) is 0 Å². The monoisotopic (exact) mass is 255 g/mol. The fourth-order valence-electron chi connectivity index (χ4n) is 1.28. The van der Waals surface area contributed by atoms with Crippen molar-refractivity contribution in [2.45, 2.75) is 39.5 Å². The van der Waals surface area contributed by atoms with Crippen molar-refractivity contribution in [2.24, 2.45) is 0 Å². The van der Waals surface area contributed by atoms with Gasteiger partial charge in [0.15, 0.2) is 5.76 Å². The van der Waals surface area contributed by atoms with Gasteiger partial charge in [-0.3, -0.25) is 0 Å². The minimum atomic E-state index is 0.0846. The number of rotatable bonds is 7. The lowest BCUT2D eigenvalue weighted by atomic mass is 10.1. The van der Waals surface area contributed by atoms with E-state index in [4.69, 9.17) is 9.26 Å². The second-order valence-electron chi connectivity index (χ2n) is 5.74. The van der Waals surface area contributed by atoms with Gasteiger partial charge in [-0.1, -0.05) is 5.16 Å². The number of ether oxygens (including phenoxy) is 1. The molecule has 104 valence electrons. The molecule has 1 aromatic rings. The van der Waals surface area contributed by atoms with Crippen LogP contribution in [0.25, 0.3) is 0 Å². The molecule has 5 heteroatoms. The number of hydrogen-bond donors (Lipinski definition) is 1. The Labute approximate surface area is 109 Å². The number of nitrogens with zero attached hydrogens (tertiary/aromatic N) is 2. The van der Waals surface area contributed by atoms with E-state index < -0.39 is 0 Å². The van der Waals surface area contributed by atoms with Crippen LogP contribution in [-0.2, 0) is 17.9 Å². The van der Waals surface area contributed by atoms with Crippen LogP contribution in [-0.4, -0.2) is 42.8 Å². The Balaban J connectivity index is 2.26. The Kier molecular flexibility index (Phi) is 5.78. The molecule has 0 spiro atoms. The predicted octanol–water partition coefficient (Wildman–Crippen LogP) is 1.64. The zero-order chi connectivity index (χ0) is 13.6. The molecule has 1 aromatic heterocycles. The van der Waals surface area contributed by atoms with Gasteiger partial charge >= 0.3 is 0 Å². The highest BCUT2D eigenvalue weighted by atomic mass is 16.5. The van der Waals surface area contributed by atoms with Crippen LogP contribution in [0.1, 0.15) is 32.2 Å². The molecule has 0 aromatic carbocycles. The summed E-state index contributed by atoms with van der Waals surface area (Å²) in [5.74, 6) is 0.777. The topological polar surface area (TPSA) is 50.5 Å². The quantitative estimate of drug-likeness (QED) is 0.751. The highest BCUT2D eigenvalue weighted by Crippen LogP contribution is 2.07. The van der Waals surface area contributed by atoms with E-state index in [-0.39, 0.29) is 5.54 Å². The van der Waals surface area contributed by atoms with Crippen LogP contribution in [0.4, 0.5) is 0 Å². The predicted molar refractivity (Wildman–Crippen MR) is 71.3 cm³/mol. The van der Waals surface area contributed by atoms with E-state index in [1.807, 2.05) is 20.2 Å². The molecule has 0 bridgehead atoms. The molecule has 1 rings (SSSR count). The first-order valence-corrected chi connectivity index (χ1v) is 6.29. The Morgan fingerprint density at radius 1 is 1.39 bits per heavy atom. The fraction of sp³-hybridized carbons (Fsp3) is 0.769. The molecule has 0 amide bonds. The molecule has 0 fully saturated rings. The summed E-state index contributed by atoms with van der Waals surface area (Å²) >= 11 is 0. The van der Waals surface area contributed by atoms with Crippen LogP contribution in [0.2, 0.25) is 0 Å². The lowest BCUT2D eigenvalue weighted by Crippen LogP contribution is -2.35. The molecule has 1 N–H and O–H groups in total. The summed E-state index contributed by atoms with van der Waals surface area (Å²) in [4.78, 5) is 2.08. The first-order chi connectivity index (χ1) is 8.37. The zero-order valence-corrected chi connectivity index (χ0v) is 12.1. The smallest absolute Gasteiger partial charge is 0.162 e. The zero-order valence-electron chi connectivity index (χ0n) is 12.1. The maximum absolute atomic E-state index is 5.49. The minimum absolute atomic E-state index is 0.0846. The lowest BCUT2D eigenvalue weighted by Gasteiger charge is -2.19. The van der Waals surface area contributed by atoms with Crippen LogP contribution in [0.5, 0.6) is 0 Å². The summed E-state index contributed by atoms with van der Waals surface area (Å²) in [6.07, 6.45) is 0. The van der Waals surface area contributed by atoms with Crippen LogP contribution in [0, 0.1) is 0 Å². The molecule has 1 heterocycles. The highest BCUT2D eigenvalue weighted by Gasteiger charge is 2.10. The Morgan fingerprint density at radius 3 is 2.72 bits per heavy atom. The van der Waals surface area contributed by atoms with Crippen LogP contribution in [0.3, 0.4) is 0 Å². The minimum Gasteiger partial charge on any atom is -0.372 e. The summed E-state index contributed by atoms with van der Waals surface area (Å²) < 4.78 is 10.7.